The highest BCUT2D eigenvalue weighted by molar-refractivity contribution is 5.96. The second-order valence-corrected chi connectivity index (χ2v) is 7.24. The fourth-order valence-corrected chi connectivity index (χ4v) is 3.48. The summed E-state index contributed by atoms with van der Waals surface area (Å²) < 4.78 is 20.9. The minimum Gasteiger partial charge on any atom is -0.493 e. The smallest absolute Gasteiger partial charge is 0.269 e. The predicted octanol–water partition coefficient (Wildman–Crippen LogP) is 1.07. The van der Waals surface area contributed by atoms with Gasteiger partial charge in [-0.2, -0.15) is 0 Å². The molecule has 1 heterocycles. The van der Waals surface area contributed by atoms with Crippen LogP contribution in [0.2, 0.25) is 0 Å². The van der Waals surface area contributed by atoms with Crippen molar-refractivity contribution in [1.82, 2.24) is 15.8 Å². The third kappa shape index (κ3) is 5.92. The topological polar surface area (TPSA) is 115 Å². The molecule has 0 saturated carbocycles. The van der Waals surface area contributed by atoms with Crippen LogP contribution in [0.25, 0.3) is 0 Å². The zero-order chi connectivity index (χ0) is 23.8. The van der Waals surface area contributed by atoms with Gasteiger partial charge in [-0.25, -0.2) is 0 Å². The van der Waals surface area contributed by atoms with Crippen LogP contribution in [0.4, 0.5) is 0 Å². The van der Waals surface area contributed by atoms with Gasteiger partial charge in [-0.05, 0) is 29.7 Å². The Morgan fingerprint density at radius 2 is 1.58 bits per heavy atom. The largest absolute Gasteiger partial charge is 0.493 e. The molecule has 0 fully saturated rings. The highest BCUT2D eigenvalue weighted by Gasteiger charge is 2.21. The molecule has 0 unspecified atom stereocenters. The lowest BCUT2D eigenvalue weighted by molar-refractivity contribution is -0.139. The molecule has 2 aromatic carbocycles. The van der Waals surface area contributed by atoms with Crippen LogP contribution in [-0.2, 0) is 27.3 Å². The lowest BCUT2D eigenvalue weighted by atomic mass is 10.00. The van der Waals surface area contributed by atoms with Gasteiger partial charge in [0.2, 0.25) is 11.7 Å². The van der Waals surface area contributed by atoms with Crippen LogP contribution in [0, 0.1) is 0 Å². The van der Waals surface area contributed by atoms with Crippen LogP contribution in [0.3, 0.4) is 0 Å². The van der Waals surface area contributed by atoms with Crippen LogP contribution >= 0.6 is 0 Å². The Balaban J connectivity index is 1.44. The molecular formula is C23H27N3O7. The molecule has 3 amide bonds. The summed E-state index contributed by atoms with van der Waals surface area (Å²) in [6.45, 7) is 0.522. The van der Waals surface area contributed by atoms with Crippen molar-refractivity contribution in [3.8, 4) is 17.2 Å². The molecule has 3 rings (SSSR count). The van der Waals surface area contributed by atoms with Gasteiger partial charge in [-0.3, -0.25) is 25.2 Å². The highest BCUT2D eigenvalue weighted by Crippen LogP contribution is 2.38. The van der Waals surface area contributed by atoms with E-state index in [-0.39, 0.29) is 24.7 Å². The van der Waals surface area contributed by atoms with Crippen LogP contribution in [-0.4, -0.2) is 63.7 Å². The van der Waals surface area contributed by atoms with Gasteiger partial charge in [0.1, 0.15) is 13.2 Å². The average Bonchev–Trinajstić information content (AvgIpc) is 2.85. The van der Waals surface area contributed by atoms with E-state index in [4.69, 9.17) is 18.9 Å². The molecule has 1 aliphatic heterocycles. The van der Waals surface area contributed by atoms with Crippen molar-refractivity contribution >= 4 is 17.7 Å². The molecule has 176 valence electrons. The first-order valence-electron chi connectivity index (χ1n) is 10.3. The minimum atomic E-state index is -0.604. The number of fused-ring (bicyclic) bond motifs is 1. The van der Waals surface area contributed by atoms with Crippen molar-refractivity contribution in [3.63, 3.8) is 0 Å². The molecule has 33 heavy (non-hydrogen) atoms. The van der Waals surface area contributed by atoms with Gasteiger partial charge in [0.25, 0.3) is 11.8 Å². The molecule has 1 aliphatic rings. The second-order valence-electron chi connectivity index (χ2n) is 7.24. The molecule has 2 N–H and O–H groups in total. The summed E-state index contributed by atoms with van der Waals surface area (Å²) in [6, 6.07) is 10.9. The van der Waals surface area contributed by atoms with Gasteiger partial charge in [0.15, 0.2) is 11.5 Å². The molecular weight excluding hydrogens is 430 g/mol. The van der Waals surface area contributed by atoms with Crippen molar-refractivity contribution in [1.29, 1.82) is 0 Å². The Labute approximate surface area is 191 Å². The molecule has 0 saturated heterocycles. The highest BCUT2D eigenvalue weighted by atomic mass is 16.5. The minimum absolute atomic E-state index is 0.186. The lowest BCUT2D eigenvalue weighted by Gasteiger charge is -2.28. The van der Waals surface area contributed by atoms with E-state index in [9.17, 15) is 14.4 Å². The summed E-state index contributed by atoms with van der Waals surface area (Å²) in [4.78, 5) is 38.5. The fourth-order valence-electron chi connectivity index (χ4n) is 3.48. The number of methoxy groups -OCH3 is 3. The molecule has 0 bridgehead atoms. The van der Waals surface area contributed by atoms with E-state index in [1.807, 2.05) is 18.2 Å². The van der Waals surface area contributed by atoms with Gasteiger partial charge in [-0.15, -0.1) is 0 Å². The van der Waals surface area contributed by atoms with E-state index in [0.717, 1.165) is 12.0 Å². The summed E-state index contributed by atoms with van der Waals surface area (Å²) in [6.07, 6.45) is 0.787. The number of hydrazine groups is 1. The molecule has 0 spiro atoms. The van der Waals surface area contributed by atoms with Crippen LogP contribution < -0.4 is 25.1 Å². The van der Waals surface area contributed by atoms with E-state index < -0.39 is 11.8 Å². The maximum atomic E-state index is 12.4. The SMILES string of the molecule is COc1cc(C(=O)NNC(=O)COCC(=O)N2CCc3ccccc3C2)cc(OC)c1OC. The van der Waals surface area contributed by atoms with Gasteiger partial charge >= 0.3 is 0 Å². The van der Waals surface area contributed by atoms with Crippen molar-refractivity contribution in [3.05, 3.63) is 53.1 Å². The zero-order valence-electron chi connectivity index (χ0n) is 18.8. The molecule has 0 aliphatic carbocycles. The first kappa shape index (κ1) is 23.9. The Morgan fingerprint density at radius 3 is 2.21 bits per heavy atom. The monoisotopic (exact) mass is 457 g/mol. The maximum Gasteiger partial charge on any atom is 0.269 e. The summed E-state index contributed by atoms with van der Waals surface area (Å²) in [7, 11) is 4.32. The molecule has 0 aromatic heterocycles. The average molecular weight is 457 g/mol. The van der Waals surface area contributed by atoms with Crippen molar-refractivity contribution in [2.45, 2.75) is 13.0 Å². The zero-order valence-corrected chi connectivity index (χ0v) is 18.8. The third-order valence-corrected chi connectivity index (χ3v) is 5.18. The van der Waals surface area contributed by atoms with E-state index >= 15 is 0 Å². The summed E-state index contributed by atoms with van der Waals surface area (Å²) in [5.41, 5.74) is 7.08. The molecule has 10 nitrogen and oxygen atoms in total. The Hall–Kier alpha value is -3.79. The first-order chi connectivity index (χ1) is 16.0. The van der Waals surface area contributed by atoms with Gasteiger partial charge < -0.3 is 23.8 Å². The number of benzene rings is 2. The fraction of sp³-hybridized carbons (Fsp3) is 0.348. The number of amides is 3. The third-order valence-electron chi connectivity index (χ3n) is 5.18. The quantitative estimate of drug-likeness (QED) is 0.570. The number of carbonyl (C=O) groups is 3. The summed E-state index contributed by atoms with van der Waals surface area (Å²) >= 11 is 0. The Morgan fingerprint density at radius 1 is 0.909 bits per heavy atom. The van der Waals surface area contributed by atoms with E-state index in [2.05, 4.69) is 16.9 Å². The van der Waals surface area contributed by atoms with E-state index in [1.165, 1.54) is 39.0 Å². The summed E-state index contributed by atoms with van der Waals surface area (Å²) in [5.74, 6) is -0.445. The predicted molar refractivity (Wildman–Crippen MR) is 118 cm³/mol. The number of ether oxygens (including phenoxy) is 4. The van der Waals surface area contributed by atoms with E-state index in [1.54, 1.807) is 4.90 Å². The number of hydrogen-bond acceptors (Lipinski definition) is 7. The van der Waals surface area contributed by atoms with Crippen molar-refractivity contribution < 1.29 is 33.3 Å². The second kappa shape index (κ2) is 11.2. The summed E-state index contributed by atoms with van der Waals surface area (Å²) in [5, 5.41) is 0. The first-order valence-corrected chi connectivity index (χ1v) is 10.3. The maximum absolute atomic E-state index is 12.4. The van der Waals surface area contributed by atoms with Gasteiger partial charge in [0, 0.05) is 18.7 Å². The van der Waals surface area contributed by atoms with Gasteiger partial charge in [0.05, 0.1) is 21.3 Å². The molecule has 2 aromatic rings. The Kier molecular flexibility index (Phi) is 8.09. The number of carbonyl (C=O) groups excluding carboxylic acids is 3. The van der Waals surface area contributed by atoms with Crippen LogP contribution in [0.1, 0.15) is 21.5 Å². The van der Waals surface area contributed by atoms with Gasteiger partial charge in [-0.1, -0.05) is 24.3 Å². The van der Waals surface area contributed by atoms with Crippen molar-refractivity contribution in [2.24, 2.45) is 0 Å². The molecule has 0 radical (unpaired) electrons. The lowest BCUT2D eigenvalue weighted by Crippen LogP contribution is -2.44. The number of nitrogens with zero attached hydrogens (tertiary/aromatic N) is 1. The van der Waals surface area contributed by atoms with Crippen molar-refractivity contribution in [2.75, 3.05) is 41.1 Å². The number of hydrogen-bond donors (Lipinski definition) is 2. The van der Waals surface area contributed by atoms with E-state index in [0.29, 0.717) is 30.3 Å². The number of nitrogens with one attached hydrogen (secondary N) is 2. The Bertz CT molecular complexity index is 1000. The molecule has 10 heteroatoms. The normalized spacial score (nSPS) is 12.4. The van der Waals surface area contributed by atoms with Crippen LogP contribution in [0.15, 0.2) is 36.4 Å². The van der Waals surface area contributed by atoms with Crippen LogP contribution in [0.5, 0.6) is 17.2 Å². The standard InChI is InChI=1S/C23H27N3O7/c1-30-18-10-17(11-19(31-2)22(18)32-3)23(29)25-24-20(27)13-33-14-21(28)26-9-8-15-6-4-5-7-16(15)12-26/h4-7,10-11H,8-9,12-14H2,1-3H3,(H,24,27)(H,25,29). The number of rotatable bonds is 8. The molecule has 0 atom stereocenters.